The number of nitrogens with zero attached hydrogens (tertiary/aromatic N) is 2. The van der Waals surface area contributed by atoms with Crippen LogP contribution in [0.4, 0.5) is 0 Å². The third-order valence-electron chi connectivity index (χ3n) is 12.0. The third kappa shape index (κ3) is 9.35. The highest BCUT2D eigenvalue weighted by atomic mass is 32.2. The fourth-order valence-electron chi connectivity index (χ4n) is 8.78. The summed E-state index contributed by atoms with van der Waals surface area (Å²) >= 11 is 1.47. The number of ketones is 2. The minimum atomic E-state index is -1.32. The maximum Gasteiger partial charge on any atom is 0.320 e. The van der Waals surface area contributed by atoms with Crippen LogP contribution in [0.15, 0.2) is 24.5 Å². The summed E-state index contributed by atoms with van der Waals surface area (Å²) in [7, 11) is 5.26. The fourth-order valence-corrected chi connectivity index (χ4v) is 10.2. The summed E-state index contributed by atoms with van der Waals surface area (Å²) in [5.41, 5.74) is -1.42. The van der Waals surface area contributed by atoms with Gasteiger partial charge in [-0.3, -0.25) is 24.2 Å². The van der Waals surface area contributed by atoms with Crippen molar-refractivity contribution in [3.05, 3.63) is 30.1 Å². The number of aryl methyl sites for hydroxylation is 1. The molecule has 53 heavy (non-hydrogen) atoms. The lowest BCUT2D eigenvalue weighted by molar-refractivity contribution is -0.295. The Kier molecular flexibility index (Phi) is 14.7. The Morgan fingerprint density at radius 3 is 2.26 bits per heavy atom. The van der Waals surface area contributed by atoms with Gasteiger partial charge in [-0.05, 0) is 97.3 Å². The number of carbonyl (C=O) groups excluding carboxylic acids is 4. The molecular formula is C40H62N2O10S. The van der Waals surface area contributed by atoms with E-state index in [1.807, 2.05) is 58.8 Å². The highest BCUT2D eigenvalue weighted by molar-refractivity contribution is 8.00. The predicted molar refractivity (Wildman–Crippen MR) is 201 cm³/mol. The molecular weight excluding hydrogens is 701 g/mol. The predicted octanol–water partition coefficient (Wildman–Crippen LogP) is 4.67. The summed E-state index contributed by atoms with van der Waals surface area (Å²) in [4.78, 5) is 62.5. The van der Waals surface area contributed by atoms with E-state index in [-0.39, 0.29) is 24.3 Å². The quantitative estimate of drug-likeness (QED) is 0.200. The molecule has 0 aromatic carbocycles. The number of Topliss-reactive ketones (excluding diaryl/α,β-unsaturated/α-hetero) is 2. The Balaban J connectivity index is 1.71. The molecule has 0 spiro atoms. The van der Waals surface area contributed by atoms with Crippen LogP contribution < -0.4 is 0 Å². The Morgan fingerprint density at radius 1 is 1.00 bits per heavy atom. The molecule has 12 nitrogen and oxygen atoms in total. The van der Waals surface area contributed by atoms with E-state index in [9.17, 15) is 24.3 Å². The van der Waals surface area contributed by atoms with Crippen molar-refractivity contribution in [3.63, 3.8) is 0 Å². The van der Waals surface area contributed by atoms with E-state index in [1.165, 1.54) is 25.8 Å². The molecule has 13 heteroatoms. The molecule has 14 atom stereocenters. The monoisotopic (exact) mass is 762 g/mol. The van der Waals surface area contributed by atoms with Gasteiger partial charge in [0, 0.05) is 49.2 Å². The lowest BCUT2D eigenvalue weighted by Gasteiger charge is -2.47. The molecule has 0 aliphatic carbocycles. The number of aliphatic hydroxyl groups is 1. The summed E-state index contributed by atoms with van der Waals surface area (Å²) in [5, 5.41) is 10.7. The van der Waals surface area contributed by atoms with Crippen molar-refractivity contribution >= 4 is 35.3 Å². The van der Waals surface area contributed by atoms with Crippen LogP contribution >= 0.6 is 11.8 Å². The first-order chi connectivity index (χ1) is 24.9. The van der Waals surface area contributed by atoms with E-state index >= 15 is 0 Å². The molecule has 1 N–H and O–H groups in total. The Bertz CT molecular complexity index is 1430. The minimum absolute atomic E-state index is 0.107. The molecule has 298 valence electrons. The first-order valence-electron chi connectivity index (χ1n) is 19.1. The Hall–Kier alpha value is -2.42. The number of carbonyl (C=O) groups is 4. The molecule has 4 heterocycles. The maximum absolute atomic E-state index is 14.6. The van der Waals surface area contributed by atoms with Gasteiger partial charge in [-0.2, -0.15) is 0 Å². The summed E-state index contributed by atoms with van der Waals surface area (Å²) in [6.07, 6.45) is 1.83. The van der Waals surface area contributed by atoms with Gasteiger partial charge in [-0.1, -0.05) is 27.7 Å². The number of aromatic nitrogens is 1. The molecule has 4 rings (SSSR count). The van der Waals surface area contributed by atoms with Crippen LogP contribution in [0.5, 0.6) is 0 Å². The third-order valence-corrected chi connectivity index (χ3v) is 13.3. The van der Waals surface area contributed by atoms with E-state index in [0.717, 1.165) is 18.4 Å². The fraction of sp³-hybridized carbons (Fsp3) is 0.775. The van der Waals surface area contributed by atoms with Gasteiger partial charge < -0.3 is 33.7 Å². The number of methoxy groups -OCH3 is 1. The van der Waals surface area contributed by atoms with Crippen molar-refractivity contribution in [3.8, 4) is 0 Å². The van der Waals surface area contributed by atoms with E-state index in [2.05, 4.69) is 4.98 Å². The zero-order chi connectivity index (χ0) is 39.4. The number of fused-ring (bicyclic) bond motifs is 1. The topological polar surface area (TPSA) is 151 Å². The first kappa shape index (κ1) is 43.3. The van der Waals surface area contributed by atoms with Crippen LogP contribution in [0.2, 0.25) is 0 Å². The molecule has 0 amide bonds. The van der Waals surface area contributed by atoms with Crippen molar-refractivity contribution < 1.29 is 48.0 Å². The number of hydrogen-bond donors (Lipinski definition) is 1. The van der Waals surface area contributed by atoms with Crippen LogP contribution in [0.3, 0.4) is 0 Å². The molecule has 0 unspecified atom stereocenters. The van der Waals surface area contributed by atoms with Crippen molar-refractivity contribution in [1.29, 1.82) is 0 Å². The molecule has 1 aromatic rings. The number of pyridine rings is 1. The van der Waals surface area contributed by atoms with E-state index in [4.69, 9.17) is 23.7 Å². The molecule has 0 bridgehead atoms. The second kappa shape index (κ2) is 18.0. The number of hydrogen-bond acceptors (Lipinski definition) is 13. The molecule has 3 fully saturated rings. The SMILES string of the molecule is CC[C@H]1OC(=O)[C@H](C)C(=O)[C@H](C)[C@@H](O[C@@H]2O[C@H](C)C[C@H](N(C)C)[C@H]2O)[C@](C)(OC)C[C@@H](C)C(=O)[C@H](C)[C@H]2[C@H](SCCCc3ccncc3)C(=O)O[C@@]21C. The van der Waals surface area contributed by atoms with Gasteiger partial charge in [0.2, 0.25) is 0 Å². The van der Waals surface area contributed by atoms with Crippen molar-refractivity contribution in [2.75, 3.05) is 27.0 Å². The van der Waals surface area contributed by atoms with E-state index < -0.39 is 88.4 Å². The van der Waals surface area contributed by atoms with Gasteiger partial charge in [0.05, 0.1) is 17.8 Å². The van der Waals surface area contributed by atoms with E-state index in [0.29, 0.717) is 18.6 Å². The zero-order valence-corrected chi connectivity index (χ0v) is 34.2. The molecule has 3 saturated heterocycles. The molecule has 3 aliphatic rings. The molecule has 0 saturated carbocycles. The number of ether oxygens (including phenoxy) is 5. The van der Waals surface area contributed by atoms with Crippen LogP contribution in [0, 0.1) is 29.6 Å². The average Bonchev–Trinajstić information content (AvgIpc) is 3.39. The number of likely N-dealkylation sites (N-methyl/N-ethyl adjacent to an activating group) is 1. The van der Waals surface area contributed by atoms with Crippen LogP contribution in [-0.2, 0) is 49.3 Å². The highest BCUT2D eigenvalue weighted by Crippen LogP contribution is 2.49. The zero-order valence-electron chi connectivity index (χ0n) is 33.4. The maximum atomic E-state index is 14.6. The lowest BCUT2D eigenvalue weighted by Crippen LogP contribution is -2.59. The molecule has 3 aliphatic heterocycles. The second-order valence-corrected chi connectivity index (χ2v) is 17.3. The number of thioether (sulfide) groups is 1. The molecule has 1 aromatic heterocycles. The van der Waals surface area contributed by atoms with Gasteiger partial charge >= 0.3 is 11.9 Å². The average molecular weight is 763 g/mol. The molecule has 0 radical (unpaired) electrons. The number of aliphatic hydroxyl groups excluding tert-OH is 1. The van der Waals surface area contributed by atoms with Gasteiger partial charge in [-0.15, -0.1) is 11.8 Å². The standard InChI is InChI=1S/C40H62N2O10S/c1-12-29-40(8)30(34(37(47)52-40)53-19-13-14-27-15-17-41-18-16-27)24(4)31(43)22(2)21-39(7,48-11)35(25(5)32(44)26(6)36(46)50-29)51-38-33(45)28(42(9)10)20-23(3)49-38/h15-18,22-26,28-30,33-35,38,45H,12-14,19-21H2,1-11H3/t22-,23-,24-,25+,26-,28+,29-,30+,33-,34+,35-,38+,39-,40-/m1/s1. The van der Waals surface area contributed by atoms with Crippen LogP contribution in [-0.4, -0.2) is 119 Å². The number of rotatable bonds is 10. The summed E-state index contributed by atoms with van der Waals surface area (Å²) in [5.74, 6) is -5.14. The highest BCUT2D eigenvalue weighted by Gasteiger charge is 2.61. The number of esters is 2. The largest absolute Gasteiger partial charge is 0.458 e. The van der Waals surface area contributed by atoms with Gasteiger partial charge in [0.25, 0.3) is 0 Å². The normalized spacial score (nSPS) is 40.4. The van der Waals surface area contributed by atoms with Gasteiger partial charge in [0.15, 0.2) is 17.7 Å². The van der Waals surface area contributed by atoms with E-state index in [1.54, 1.807) is 33.2 Å². The van der Waals surface area contributed by atoms with Gasteiger partial charge in [-0.25, -0.2) is 0 Å². The van der Waals surface area contributed by atoms with Crippen molar-refractivity contribution in [1.82, 2.24) is 9.88 Å². The lowest BCUT2D eigenvalue weighted by atomic mass is 9.70. The summed E-state index contributed by atoms with van der Waals surface area (Å²) < 4.78 is 31.2. The smallest absolute Gasteiger partial charge is 0.320 e. The second-order valence-electron chi connectivity index (χ2n) is 16.1. The Labute approximate surface area is 319 Å². The van der Waals surface area contributed by atoms with Gasteiger partial charge in [0.1, 0.15) is 29.2 Å². The minimum Gasteiger partial charge on any atom is -0.458 e. The van der Waals surface area contributed by atoms with Crippen molar-refractivity contribution in [2.45, 2.75) is 141 Å². The first-order valence-corrected chi connectivity index (χ1v) is 20.2. The summed E-state index contributed by atoms with van der Waals surface area (Å²) in [6, 6.07) is 3.66. The van der Waals surface area contributed by atoms with Crippen LogP contribution in [0.25, 0.3) is 0 Å². The van der Waals surface area contributed by atoms with Crippen molar-refractivity contribution in [2.24, 2.45) is 29.6 Å². The van der Waals surface area contributed by atoms with Crippen LogP contribution in [0.1, 0.15) is 86.6 Å². The number of cyclic esters (lactones) is 1. The Morgan fingerprint density at radius 2 is 1.66 bits per heavy atom. The summed E-state index contributed by atoms with van der Waals surface area (Å²) in [6.45, 7) is 14.1.